The number of esters is 1. The molecule has 3 nitrogen and oxygen atoms in total. The minimum atomic E-state index is -0.546. The number of carbonyl (C=O) groups excluding carboxylic acids is 2. The van der Waals surface area contributed by atoms with Crippen LogP contribution in [0.25, 0.3) is 5.57 Å². The minimum absolute atomic E-state index is 0.148. The molecule has 0 aromatic heterocycles. The molecule has 0 spiro atoms. The van der Waals surface area contributed by atoms with Crippen LogP contribution in [-0.4, -0.2) is 11.8 Å². The lowest BCUT2D eigenvalue weighted by Gasteiger charge is -2.14. The molecule has 0 bridgehead atoms. The summed E-state index contributed by atoms with van der Waals surface area (Å²) < 4.78 is 5.45. The summed E-state index contributed by atoms with van der Waals surface area (Å²) in [5.74, 6) is -0.813. The van der Waals surface area contributed by atoms with Gasteiger partial charge in [-0.15, -0.1) is 0 Å². The molecule has 0 fully saturated rings. The van der Waals surface area contributed by atoms with Crippen LogP contribution in [0.2, 0.25) is 0 Å². The molecule has 3 rings (SSSR count). The van der Waals surface area contributed by atoms with Crippen LogP contribution in [0.4, 0.5) is 0 Å². The summed E-state index contributed by atoms with van der Waals surface area (Å²) in [4.78, 5) is 23.9. The van der Waals surface area contributed by atoms with E-state index in [2.05, 4.69) is 0 Å². The van der Waals surface area contributed by atoms with E-state index in [0.29, 0.717) is 5.57 Å². The third kappa shape index (κ3) is 2.38. The zero-order valence-electron chi connectivity index (χ0n) is 11.6. The fraction of sp³-hybridized carbons (Fsp3) is 0.111. The van der Waals surface area contributed by atoms with Crippen molar-refractivity contribution in [1.29, 1.82) is 0 Å². The molecule has 0 saturated carbocycles. The Kier molecular flexibility index (Phi) is 3.40. The van der Waals surface area contributed by atoms with E-state index in [0.717, 1.165) is 11.1 Å². The number of hydrogen-bond donors (Lipinski definition) is 0. The zero-order chi connectivity index (χ0) is 14.8. The summed E-state index contributed by atoms with van der Waals surface area (Å²) in [7, 11) is 0. The lowest BCUT2D eigenvalue weighted by Crippen LogP contribution is -2.07. The molecule has 0 N–H and O–H groups in total. The molecule has 1 heterocycles. The molecule has 3 heteroatoms. The molecule has 0 saturated heterocycles. The Bertz CT molecular complexity index is 715. The summed E-state index contributed by atoms with van der Waals surface area (Å²) in [5.41, 5.74) is 2.50. The monoisotopic (exact) mass is 278 g/mol. The normalized spacial score (nSPS) is 17.8. The van der Waals surface area contributed by atoms with Gasteiger partial charge in [-0.05, 0) is 18.1 Å². The standard InChI is InChI=1S/C18H14O3/c1-12(19)15-16(13-8-4-2-5-9-13)17(21-18(15)20)14-10-6-3-7-11-14/h2-11,17H,1H3. The Hall–Kier alpha value is -2.68. The van der Waals surface area contributed by atoms with E-state index >= 15 is 0 Å². The first-order valence-corrected chi connectivity index (χ1v) is 6.75. The van der Waals surface area contributed by atoms with Gasteiger partial charge in [0.05, 0.1) is 0 Å². The molecule has 1 atom stereocenters. The van der Waals surface area contributed by atoms with Crippen LogP contribution >= 0.6 is 0 Å². The van der Waals surface area contributed by atoms with Crippen molar-refractivity contribution in [2.45, 2.75) is 13.0 Å². The second-order valence-corrected chi connectivity index (χ2v) is 4.91. The van der Waals surface area contributed by atoms with E-state index in [1.165, 1.54) is 6.92 Å². The van der Waals surface area contributed by atoms with Crippen molar-refractivity contribution in [2.75, 3.05) is 0 Å². The molecule has 2 aromatic carbocycles. The fourth-order valence-electron chi connectivity index (χ4n) is 2.58. The third-order valence-electron chi connectivity index (χ3n) is 3.50. The largest absolute Gasteiger partial charge is 0.449 e. The van der Waals surface area contributed by atoms with E-state index in [1.807, 2.05) is 60.7 Å². The highest BCUT2D eigenvalue weighted by Crippen LogP contribution is 2.41. The molecule has 104 valence electrons. The highest BCUT2D eigenvalue weighted by Gasteiger charge is 2.37. The highest BCUT2D eigenvalue weighted by atomic mass is 16.5. The van der Waals surface area contributed by atoms with E-state index in [1.54, 1.807) is 0 Å². The van der Waals surface area contributed by atoms with Gasteiger partial charge in [0.1, 0.15) is 5.57 Å². The second kappa shape index (κ2) is 5.37. The molecule has 0 aliphatic carbocycles. The summed E-state index contributed by atoms with van der Waals surface area (Å²) in [6, 6.07) is 18.9. The number of carbonyl (C=O) groups is 2. The Morgan fingerprint density at radius 1 is 0.952 bits per heavy atom. The van der Waals surface area contributed by atoms with Crippen molar-refractivity contribution in [3.8, 4) is 0 Å². The minimum Gasteiger partial charge on any atom is -0.449 e. The quantitative estimate of drug-likeness (QED) is 0.639. The Labute approximate surface area is 122 Å². The van der Waals surface area contributed by atoms with Gasteiger partial charge >= 0.3 is 5.97 Å². The average molecular weight is 278 g/mol. The van der Waals surface area contributed by atoms with E-state index in [4.69, 9.17) is 4.74 Å². The summed E-state index contributed by atoms with van der Waals surface area (Å²) in [5, 5.41) is 0. The average Bonchev–Trinajstić information content (AvgIpc) is 2.86. The summed E-state index contributed by atoms with van der Waals surface area (Å²) in [6.45, 7) is 1.40. The lowest BCUT2D eigenvalue weighted by atomic mass is 9.92. The number of ether oxygens (including phenoxy) is 1. The first-order valence-electron chi connectivity index (χ1n) is 6.75. The van der Waals surface area contributed by atoms with Crippen molar-refractivity contribution >= 4 is 17.3 Å². The van der Waals surface area contributed by atoms with Gasteiger partial charge in [-0.3, -0.25) is 4.79 Å². The first kappa shape index (κ1) is 13.3. The number of cyclic esters (lactones) is 1. The number of rotatable bonds is 3. The molecule has 21 heavy (non-hydrogen) atoms. The maximum Gasteiger partial charge on any atom is 0.343 e. The van der Waals surface area contributed by atoms with Crippen molar-refractivity contribution in [3.63, 3.8) is 0 Å². The number of ketones is 1. The predicted octanol–water partition coefficient (Wildman–Crippen LogP) is 3.33. The Morgan fingerprint density at radius 2 is 1.52 bits per heavy atom. The van der Waals surface area contributed by atoms with Gasteiger partial charge in [-0.1, -0.05) is 60.7 Å². The number of Topliss-reactive ketones (excluding diaryl/α,β-unsaturated/α-hetero) is 1. The molecule has 0 radical (unpaired) electrons. The third-order valence-corrected chi connectivity index (χ3v) is 3.50. The molecular formula is C18H14O3. The van der Waals surface area contributed by atoms with Gasteiger partial charge < -0.3 is 4.74 Å². The SMILES string of the molecule is CC(=O)C1=C(c2ccccc2)C(c2ccccc2)OC1=O. The van der Waals surface area contributed by atoms with E-state index in [-0.39, 0.29) is 11.4 Å². The molecule has 1 aliphatic rings. The fourth-order valence-corrected chi connectivity index (χ4v) is 2.58. The summed E-state index contributed by atoms with van der Waals surface area (Å²) in [6.07, 6.45) is -0.528. The van der Waals surface area contributed by atoms with Gasteiger partial charge in [0.25, 0.3) is 0 Å². The van der Waals surface area contributed by atoms with Crippen molar-refractivity contribution < 1.29 is 14.3 Å². The van der Waals surface area contributed by atoms with Crippen LogP contribution < -0.4 is 0 Å². The Balaban J connectivity index is 2.19. The number of hydrogen-bond acceptors (Lipinski definition) is 3. The Morgan fingerprint density at radius 3 is 2.10 bits per heavy atom. The molecule has 1 unspecified atom stereocenters. The predicted molar refractivity (Wildman–Crippen MR) is 79.3 cm³/mol. The van der Waals surface area contributed by atoms with Crippen molar-refractivity contribution in [1.82, 2.24) is 0 Å². The van der Waals surface area contributed by atoms with Gasteiger partial charge in [-0.25, -0.2) is 4.79 Å². The first-order chi connectivity index (χ1) is 10.2. The van der Waals surface area contributed by atoms with Crippen LogP contribution in [0.5, 0.6) is 0 Å². The summed E-state index contributed by atoms with van der Waals surface area (Å²) >= 11 is 0. The van der Waals surface area contributed by atoms with Crippen LogP contribution in [0.15, 0.2) is 66.2 Å². The molecule has 2 aromatic rings. The van der Waals surface area contributed by atoms with Gasteiger partial charge in [0, 0.05) is 5.57 Å². The highest BCUT2D eigenvalue weighted by molar-refractivity contribution is 6.24. The number of benzene rings is 2. The maximum atomic E-state index is 12.1. The zero-order valence-corrected chi connectivity index (χ0v) is 11.6. The maximum absolute atomic E-state index is 12.1. The van der Waals surface area contributed by atoms with Gasteiger partial charge in [0.2, 0.25) is 0 Å². The van der Waals surface area contributed by atoms with Gasteiger partial charge in [-0.2, -0.15) is 0 Å². The van der Waals surface area contributed by atoms with Crippen LogP contribution in [0.3, 0.4) is 0 Å². The van der Waals surface area contributed by atoms with Crippen molar-refractivity contribution in [3.05, 3.63) is 77.4 Å². The smallest absolute Gasteiger partial charge is 0.343 e. The van der Waals surface area contributed by atoms with Gasteiger partial charge in [0.15, 0.2) is 11.9 Å². The topological polar surface area (TPSA) is 43.4 Å². The van der Waals surface area contributed by atoms with E-state index < -0.39 is 12.1 Å². The van der Waals surface area contributed by atoms with Crippen molar-refractivity contribution in [2.24, 2.45) is 0 Å². The molecule has 1 aliphatic heterocycles. The van der Waals surface area contributed by atoms with Crippen LogP contribution in [-0.2, 0) is 14.3 Å². The lowest BCUT2D eigenvalue weighted by molar-refractivity contribution is -0.140. The molecular weight excluding hydrogens is 264 g/mol. The molecule has 0 amide bonds. The van der Waals surface area contributed by atoms with Crippen LogP contribution in [0, 0.1) is 0 Å². The van der Waals surface area contributed by atoms with Crippen LogP contribution in [0.1, 0.15) is 24.2 Å². The van der Waals surface area contributed by atoms with E-state index in [9.17, 15) is 9.59 Å². The second-order valence-electron chi connectivity index (χ2n) is 4.91.